The van der Waals surface area contributed by atoms with Crippen LogP contribution in [0.2, 0.25) is 0 Å². The van der Waals surface area contributed by atoms with Gasteiger partial charge in [-0.2, -0.15) is 0 Å². The second-order valence-electron chi connectivity index (χ2n) is 6.71. The van der Waals surface area contributed by atoms with E-state index in [1.165, 1.54) is 36.4 Å². The molecule has 0 spiro atoms. The molecule has 1 N–H and O–H groups in total. The van der Waals surface area contributed by atoms with Crippen LogP contribution in [-0.2, 0) is 11.3 Å². The van der Waals surface area contributed by atoms with Crippen molar-refractivity contribution in [2.45, 2.75) is 19.4 Å². The lowest BCUT2D eigenvalue weighted by Gasteiger charge is -2.31. The summed E-state index contributed by atoms with van der Waals surface area (Å²) in [6.45, 7) is 1.23. The van der Waals surface area contributed by atoms with Crippen molar-refractivity contribution >= 4 is 17.5 Å². The molecule has 146 valence electrons. The Bertz CT molecular complexity index is 860. The van der Waals surface area contributed by atoms with Crippen molar-refractivity contribution in [3.63, 3.8) is 0 Å². The molecule has 2 amide bonds. The molecule has 1 fully saturated rings. The smallest absolute Gasteiger partial charge is 0.269 e. The number of carbonyl (C=O) groups is 2. The monoisotopic (exact) mass is 385 g/mol. The molecule has 8 heteroatoms. The number of nitro benzene ring substituents is 1. The van der Waals surface area contributed by atoms with E-state index in [1.807, 2.05) is 0 Å². The number of hydrogen-bond donors (Lipinski definition) is 1. The molecule has 0 unspecified atom stereocenters. The Morgan fingerprint density at radius 3 is 2.25 bits per heavy atom. The minimum Gasteiger partial charge on any atom is -0.352 e. The number of non-ortho nitro benzene ring substituents is 1. The summed E-state index contributed by atoms with van der Waals surface area (Å²) in [4.78, 5) is 36.7. The van der Waals surface area contributed by atoms with E-state index < -0.39 is 4.92 Å². The maximum atomic E-state index is 12.9. The first-order valence-electron chi connectivity index (χ1n) is 9.00. The average Bonchev–Trinajstić information content (AvgIpc) is 2.73. The predicted molar refractivity (Wildman–Crippen MR) is 100.0 cm³/mol. The number of amides is 2. The van der Waals surface area contributed by atoms with Crippen LogP contribution in [0.25, 0.3) is 0 Å². The first-order chi connectivity index (χ1) is 13.4. The van der Waals surface area contributed by atoms with Crippen molar-refractivity contribution in [2.24, 2.45) is 5.92 Å². The van der Waals surface area contributed by atoms with Crippen molar-refractivity contribution in [1.82, 2.24) is 10.2 Å². The summed E-state index contributed by atoms with van der Waals surface area (Å²) in [5.74, 6) is -0.770. The standard InChI is InChI=1S/C20H20FN3O4/c21-17-5-1-14(2-6-17)13-22-19(25)15-9-11-23(12-10-15)20(26)16-3-7-18(8-4-16)24(27)28/h1-8,15H,9-13H2,(H,22,25). The highest BCUT2D eigenvalue weighted by Crippen LogP contribution is 2.20. The van der Waals surface area contributed by atoms with Gasteiger partial charge in [-0.3, -0.25) is 19.7 Å². The van der Waals surface area contributed by atoms with Crippen LogP contribution in [0.15, 0.2) is 48.5 Å². The Morgan fingerprint density at radius 1 is 1.07 bits per heavy atom. The quantitative estimate of drug-likeness (QED) is 0.633. The molecule has 0 saturated carbocycles. The second kappa shape index (κ2) is 8.60. The van der Waals surface area contributed by atoms with Crippen molar-refractivity contribution < 1.29 is 18.9 Å². The molecule has 28 heavy (non-hydrogen) atoms. The maximum Gasteiger partial charge on any atom is 0.269 e. The summed E-state index contributed by atoms with van der Waals surface area (Å²) in [6.07, 6.45) is 1.10. The Balaban J connectivity index is 1.49. The van der Waals surface area contributed by atoms with E-state index in [0.29, 0.717) is 38.0 Å². The van der Waals surface area contributed by atoms with Crippen LogP contribution in [0.4, 0.5) is 10.1 Å². The summed E-state index contributed by atoms with van der Waals surface area (Å²) in [5, 5.41) is 13.6. The molecule has 7 nitrogen and oxygen atoms in total. The number of hydrogen-bond acceptors (Lipinski definition) is 4. The molecule has 0 aliphatic carbocycles. The van der Waals surface area contributed by atoms with Gasteiger partial charge in [0.15, 0.2) is 0 Å². The molecule has 1 aliphatic heterocycles. The van der Waals surface area contributed by atoms with Gasteiger partial charge in [-0.15, -0.1) is 0 Å². The number of likely N-dealkylation sites (tertiary alicyclic amines) is 1. The number of nitro groups is 1. The van der Waals surface area contributed by atoms with Gasteiger partial charge in [0.25, 0.3) is 11.6 Å². The van der Waals surface area contributed by atoms with Gasteiger partial charge in [0.2, 0.25) is 5.91 Å². The predicted octanol–water partition coefficient (Wildman–Crippen LogP) is 2.90. The molecular formula is C20H20FN3O4. The fraction of sp³-hybridized carbons (Fsp3) is 0.300. The number of nitrogens with one attached hydrogen (secondary N) is 1. The van der Waals surface area contributed by atoms with Crippen molar-refractivity contribution in [1.29, 1.82) is 0 Å². The molecule has 0 aromatic heterocycles. The van der Waals surface area contributed by atoms with E-state index in [9.17, 15) is 24.1 Å². The first kappa shape index (κ1) is 19.5. The lowest BCUT2D eigenvalue weighted by molar-refractivity contribution is -0.384. The number of rotatable bonds is 5. The molecule has 1 saturated heterocycles. The Kier molecular flexibility index (Phi) is 5.98. The molecule has 1 heterocycles. The molecular weight excluding hydrogens is 365 g/mol. The average molecular weight is 385 g/mol. The molecule has 2 aromatic rings. The summed E-state index contributed by atoms with van der Waals surface area (Å²) in [5.41, 5.74) is 1.15. The van der Waals surface area contributed by atoms with E-state index in [2.05, 4.69) is 5.32 Å². The highest BCUT2D eigenvalue weighted by atomic mass is 19.1. The van der Waals surface area contributed by atoms with Gasteiger partial charge in [0.05, 0.1) is 4.92 Å². The van der Waals surface area contributed by atoms with Gasteiger partial charge in [0.1, 0.15) is 5.82 Å². The summed E-state index contributed by atoms with van der Waals surface area (Å²) in [6, 6.07) is 11.5. The fourth-order valence-corrected chi connectivity index (χ4v) is 3.19. The number of nitrogens with zero attached hydrogens (tertiary/aromatic N) is 2. The Morgan fingerprint density at radius 2 is 1.68 bits per heavy atom. The number of benzene rings is 2. The molecule has 0 radical (unpaired) electrons. The highest BCUT2D eigenvalue weighted by Gasteiger charge is 2.27. The van der Waals surface area contributed by atoms with E-state index in [0.717, 1.165) is 5.56 Å². The van der Waals surface area contributed by atoms with E-state index in [4.69, 9.17) is 0 Å². The number of carbonyl (C=O) groups excluding carboxylic acids is 2. The van der Waals surface area contributed by atoms with Crippen LogP contribution < -0.4 is 5.32 Å². The summed E-state index contributed by atoms with van der Waals surface area (Å²) >= 11 is 0. The SMILES string of the molecule is O=C(NCc1ccc(F)cc1)C1CCN(C(=O)c2ccc([N+](=O)[O-])cc2)CC1. The summed E-state index contributed by atoms with van der Waals surface area (Å²) in [7, 11) is 0. The molecule has 0 bridgehead atoms. The van der Waals surface area contributed by atoms with Crippen LogP contribution in [0.5, 0.6) is 0 Å². The topological polar surface area (TPSA) is 92.6 Å². The van der Waals surface area contributed by atoms with Crippen molar-refractivity contribution in [3.8, 4) is 0 Å². The zero-order valence-corrected chi connectivity index (χ0v) is 15.1. The van der Waals surface area contributed by atoms with E-state index in [1.54, 1.807) is 17.0 Å². The first-order valence-corrected chi connectivity index (χ1v) is 9.00. The zero-order valence-electron chi connectivity index (χ0n) is 15.1. The van der Waals surface area contributed by atoms with Crippen LogP contribution in [-0.4, -0.2) is 34.7 Å². The van der Waals surface area contributed by atoms with Crippen LogP contribution in [0.1, 0.15) is 28.8 Å². The molecule has 0 atom stereocenters. The fourth-order valence-electron chi connectivity index (χ4n) is 3.19. The third-order valence-corrected chi connectivity index (χ3v) is 4.86. The van der Waals surface area contributed by atoms with Gasteiger partial charge < -0.3 is 10.2 Å². The van der Waals surface area contributed by atoms with Gasteiger partial charge in [-0.1, -0.05) is 12.1 Å². The summed E-state index contributed by atoms with van der Waals surface area (Å²) < 4.78 is 12.9. The van der Waals surface area contributed by atoms with Gasteiger partial charge in [-0.05, 0) is 42.7 Å². The molecule has 1 aliphatic rings. The second-order valence-corrected chi connectivity index (χ2v) is 6.71. The van der Waals surface area contributed by atoms with Crippen LogP contribution >= 0.6 is 0 Å². The largest absolute Gasteiger partial charge is 0.352 e. The minimum absolute atomic E-state index is 0.0620. The van der Waals surface area contributed by atoms with Crippen molar-refractivity contribution in [3.05, 3.63) is 75.6 Å². The van der Waals surface area contributed by atoms with Gasteiger partial charge in [-0.25, -0.2) is 4.39 Å². The van der Waals surface area contributed by atoms with Gasteiger partial charge >= 0.3 is 0 Å². The zero-order chi connectivity index (χ0) is 20.1. The van der Waals surface area contributed by atoms with Crippen LogP contribution in [0.3, 0.4) is 0 Å². The van der Waals surface area contributed by atoms with Gasteiger partial charge in [0, 0.05) is 43.2 Å². The lowest BCUT2D eigenvalue weighted by atomic mass is 9.95. The maximum absolute atomic E-state index is 12.9. The number of halogens is 1. The van der Waals surface area contributed by atoms with Crippen molar-refractivity contribution in [2.75, 3.05) is 13.1 Å². The Labute approximate surface area is 161 Å². The lowest BCUT2D eigenvalue weighted by Crippen LogP contribution is -2.42. The normalized spacial score (nSPS) is 14.5. The Hall–Kier alpha value is -3.29. The third kappa shape index (κ3) is 4.70. The molecule has 2 aromatic carbocycles. The third-order valence-electron chi connectivity index (χ3n) is 4.86. The van der Waals surface area contributed by atoms with Crippen LogP contribution in [0, 0.1) is 21.8 Å². The van der Waals surface area contributed by atoms with E-state index >= 15 is 0 Å². The van der Waals surface area contributed by atoms with E-state index in [-0.39, 0.29) is 29.2 Å². The molecule has 3 rings (SSSR count). The number of piperidine rings is 1. The minimum atomic E-state index is -0.510. The highest BCUT2D eigenvalue weighted by molar-refractivity contribution is 5.94.